The number of rotatable bonds is 1. The molecular weight excluding hydrogens is 220 g/mol. The number of hydrogen-bond acceptors (Lipinski definition) is 6. The smallest absolute Gasteiger partial charge is 0.291 e. The number of piperidine rings is 1. The summed E-state index contributed by atoms with van der Waals surface area (Å²) in [5.41, 5.74) is 0. The minimum absolute atomic E-state index is 0.0960. The molecule has 0 amide bonds. The molecule has 1 fully saturated rings. The molecule has 7 heteroatoms. The molecule has 3 rings (SSSR count). The molecule has 1 N–H and O–H groups in total. The van der Waals surface area contributed by atoms with Crippen molar-refractivity contribution in [2.24, 2.45) is 10.3 Å². The van der Waals surface area contributed by atoms with Crippen molar-refractivity contribution in [2.45, 2.75) is 25.0 Å². The van der Waals surface area contributed by atoms with E-state index in [0.29, 0.717) is 0 Å². The molecule has 0 aromatic heterocycles. The fraction of sp³-hybridized carbons (Fsp3) is 0.900. The maximum absolute atomic E-state index is 5.85. The van der Waals surface area contributed by atoms with Crippen LogP contribution in [-0.4, -0.2) is 66.6 Å². The van der Waals surface area contributed by atoms with Crippen LogP contribution in [0.1, 0.15) is 12.8 Å². The van der Waals surface area contributed by atoms with Crippen molar-refractivity contribution in [3.05, 3.63) is 0 Å². The van der Waals surface area contributed by atoms with E-state index in [-0.39, 0.29) is 12.2 Å². The molecule has 0 aliphatic carbocycles. The first-order chi connectivity index (χ1) is 8.25. The molecule has 3 aliphatic rings. The second-order valence-corrected chi connectivity index (χ2v) is 4.83. The van der Waals surface area contributed by atoms with E-state index in [1.54, 1.807) is 5.17 Å². The Labute approximate surface area is 101 Å². The molecule has 0 radical (unpaired) electrons. The van der Waals surface area contributed by atoms with Crippen LogP contribution in [0.15, 0.2) is 10.3 Å². The maximum atomic E-state index is 5.85. The van der Waals surface area contributed by atoms with Gasteiger partial charge in [0.1, 0.15) is 19.1 Å². The number of hydroxylamine groups is 1. The number of likely N-dealkylation sites (N-methyl/N-ethyl adjacent to an activating group) is 2. The molecule has 2 atom stereocenters. The van der Waals surface area contributed by atoms with Crippen molar-refractivity contribution in [1.82, 2.24) is 15.4 Å². The van der Waals surface area contributed by atoms with Gasteiger partial charge in [0.25, 0.3) is 0 Å². The normalized spacial score (nSPS) is 32.4. The second-order valence-electron chi connectivity index (χ2n) is 4.83. The first-order valence-electron chi connectivity index (χ1n) is 6.16. The van der Waals surface area contributed by atoms with Crippen molar-refractivity contribution in [3.63, 3.8) is 0 Å². The summed E-state index contributed by atoms with van der Waals surface area (Å²) in [4.78, 5) is 7.93. The largest absolute Gasteiger partial charge is 0.472 e. The highest BCUT2D eigenvalue weighted by atomic mass is 16.7. The van der Waals surface area contributed by atoms with Crippen LogP contribution in [0.2, 0.25) is 0 Å². The van der Waals surface area contributed by atoms with Gasteiger partial charge in [-0.1, -0.05) is 5.17 Å². The van der Waals surface area contributed by atoms with Gasteiger partial charge in [-0.25, -0.2) is 9.48 Å². The zero-order valence-electron chi connectivity index (χ0n) is 10.3. The number of nitrogens with zero attached hydrogens (tertiary/aromatic N) is 5. The van der Waals surface area contributed by atoms with Crippen LogP contribution in [0, 0.1) is 0 Å². The number of fused-ring (bicyclic) bond motifs is 1. The first-order valence-corrected chi connectivity index (χ1v) is 6.16. The minimum Gasteiger partial charge on any atom is -0.291 e. The average molecular weight is 239 g/mol. The van der Waals surface area contributed by atoms with Crippen molar-refractivity contribution >= 4 is 6.02 Å². The Morgan fingerprint density at radius 2 is 2.41 bits per heavy atom. The number of nitrogens with one attached hydrogen (secondary N) is 1. The molecule has 1 saturated heterocycles. The van der Waals surface area contributed by atoms with E-state index in [2.05, 4.69) is 25.1 Å². The molecule has 0 spiro atoms. The van der Waals surface area contributed by atoms with Crippen LogP contribution in [0.3, 0.4) is 0 Å². The summed E-state index contributed by atoms with van der Waals surface area (Å²) in [5, 5.41) is 13.4. The third-order valence-corrected chi connectivity index (χ3v) is 3.52. The summed E-state index contributed by atoms with van der Waals surface area (Å²) in [6.07, 6.45) is 2.34. The lowest BCUT2D eigenvalue weighted by atomic mass is 10.1. The second kappa shape index (κ2) is 4.14. The van der Waals surface area contributed by atoms with Gasteiger partial charge in [-0.15, -0.1) is 0 Å². The van der Waals surface area contributed by atoms with Gasteiger partial charge in [0.05, 0.1) is 14.1 Å². The highest BCUT2D eigenvalue weighted by Gasteiger charge is 2.39. The number of hydrogen-bond donors (Lipinski definition) is 1. The molecule has 94 valence electrons. The van der Waals surface area contributed by atoms with E-state index in [1.165, 1.54) is 0 Å². The van der Waals surface area contributed by atoms with Gasteiger partial charge in [0.2, 0.25) is 0 Å². The Hall–Kier alpha value is -1.37. The fourth-order valence-corrected chi connectivity index (χ4v) is 2.45. The van der Waals surface area contributed by atoms with Gasteiger partial charge >= 0.3 is 6.02 Å². The van der Waals surface area contributed by atoms with Gasteiger partial charge in [-0.05, 0) is 24.6 Å². The van der Waals surface area contributed by atoms with Crippen LogP contribution in [0.4, 0.5) is 0 Å². The molecule has 0 aromatic carbocycles. The molecule has 17 heavy (non-hydrogen) atoms. The van der Waals surface area contributed by atoms with E-state index in [9.17, 15) is 0 Å². The van der Waals surface area contributed by atoms with E-state index in [1.807, 2.05) is 14.1 Å². The van der Waals surface area contributed by atoms with Crippen LogP contribution in [0.25, 0.3) is 0 Å². The summed E-state index contributed by atoms with van der Waals surface area (Å²) in [6.45, 7) is 2.98. The van der Waals surface area contributed by atoms with Gasteiger partial charge < -0.3 is 0 Å². The van der Waals surface area contributed by atoms with Gasteiger partial charge in [-0.2, -0.15) is 5.11 Å². The topological polar surface area (TPSA) is 55.5 Å². The van der Waals surface area contributed by atoms with Gasteiger partial charge in [-0.3, -0.25) is 10.2 Å². The Kier molecular flexibility index (Phi) is 2.62. The Bertz CT molecular complexity index is 368. The lowest BCUT2D eigenvalue weighted by Gasteiger charge is -2.28. The Morgan fingerprint density at radius 1 is 1.53 bits per heavy atom. The van der Waals surface area contributed by atoms with Gasteiger partial charge in [0.15, 0.2) is 6.17 Å². The molecule has 3 heterocycles. The zero-order valence-corrected chi connectivity index (χ0v) is 10.3. The summed E-state index contributed by atoms with van der Waals surface area (Å²) >= 11 is 0. The molecule has 3 aliphatic heterocycles. The van der Waals surface area contributed by atoms with E-state index in [0.717, 1.165) is 38.5 Å². The van der Waals surface area contributed by atoms with Crippen molar-refractivity contribution in [2.75, 3.05) is 33.7 Å². The zero-order chi connectivity index (χ0) is 11.8. The van der Waals surface area contributed by atoms with Crippen LogP contribution < -0.4 is 5.32 Å². The Morgan fingerprint density at radius 3 is 3.18 bits per heavy atom. The summed E-state index contributed by atoms with van der Waals surface area (Å²) < 4.78 is 2.09. The molecule has 0 bridgehead atoms. The summed E-state index contributed by atoms with van der Waals surface area (Å²) in [7, 11) is 4.05. The maximum Gasteiger partial charge on any atom is 0.472 e. The van der Waals surface area contributed by atoms with Crippen LogP contribution >= 0.6 is 0 Å². The standard InChI is InChI=1S/C10H19N6O/c1-14-6-7-15(2)10(14)17-16-9-8(12-13-16)4-3-5-11-9/h8-9,11H,3-7H2,1-2H3/q+1. The predicted molar refractivity (Wildman–Crippen MR) is 61.3 cm³/mol. The lowest BCUT2D eigenvalue weighted by molar-refractivity contribution is -0.500. The average Bonchev–Trinajstić information content (AvgIpc) is 2.88. The molecule has 2 unspecified atom stereocenters. The summed E-state index contributed by atoms with van der Waals surface area (Å²) in [5.74, 6) is 0. The molecule has 0 aromatic rings. The third kappa shape index (κ3) is 1.84. The SMILES string of the molecule is CN1CC[N+](C)=C1ON1N=NC2CCCNC21. The van der Waals surface area contributed by atoms with E-state index < -0.39 is 0 Å². The van der Waals surface area contributed by atoms with E-state index >= 15 is 0 Å². The molecule has 7 nitrogen and oxygen atoms in total. The first kappa shape index (κ1) is 10.8. The highest BCUT2D eigenvalue weighted by molar-refractivity contribution is 5.68. The third-order valence-electron chi connectivity index (χ3n) is 3.52. The highest BCUT2D eigenvalue weighted by Crippen LogP contribution is 2.23. The quantitative estimate of drug-likeness (QED) is 0.634. The van der Waals surface area contributed by atoms with Crippen molar-refractivity contribution < 1.29 is 9.41 Å². The van der Waals surface area contributed by atoms with Crippen molar-refractivity contribution in [3.8, 4) is 0 Å². The van der Waals surface area contributed by atoms with Crippen LogP contribution in [-0.2, 0) is 4.84 Å². The monoisotopic (exact) mass is 239 g/mol. The number of amidine groups is 1. The lowest BCUT2D eigenvalue weighted by Crippen LogP contribution is -2.51. The Balaban J connectivity index is 1.70. The van der Waals surface area contributed by atoms with Gasteiger partial charge in [0, 0.05) is 0 Å². The van der Waals surface area contributed by atoms with E-state index in [4.69, 9.17) is 4.84 Å². The molecular formula is C10H19N6O+. The molecule has 0 saturated carbocycles. The van der Waals surface area contributed by atoms with Crippen molar-refractivity contribution in [1.29, 1.82) is 0 Å². The fourth-order valence-electron chi connectivity index (χ4n) is 2.45. The summed E-state index contributed by atoms with van der Waals surface area (Å²) in [6, 6.07) is 1.08. The van der Waals surface area contributed by atoms with Crippen LogP contribution in [0.5, 0.6) is 0 Å². The minimum atomic E-state index is 0.0960. The predicted octanol–water partition coefficient (Wildman–Crippen LogP) is -0.377.